The lowest BCUT2D eigenvalue weighted by molar-refractivity contribution is -0.115. The lowest BCUT2D eigenvalue weighted by Crippen LogP contribution is -2.27. The van der Waals surface area contributed by atoms with Gasteiger partial charge in [0.15, 0.2) is 16.6 Å². The molecule has 0 saturated heterocycles. The lowest BCUT2D eigenvalue weighted by Gasteiger charge is -2.09. The fraction of sp³-hybridized carbons (Fsp3) is 0.500. The van der Waals surface area contributed by atoms with Crippen molar-refractivity contribution in [3.05, 3.63) is 0 Å². The van der Waals surface area contributed by atoms with Gasteiger partial charge in [-0.15, -0.1) is 0 Å². The predicted molar refractivity (Wildman–Crippen MR) is 49.1 cm³/mol. The molecule has 0 amide bonds. The number of hydrogen-bond donors (Lipinski definition) is 3. The van der Waals surface area contributed by atoms with Gasteiger partial charge in [-0.1, -0.05) is 0 Å². The Morgan fingerprint density at radius 1 is 0.769 bits per heavy atom. The maximum absolute atomic E-state index is 11.1. The van der Waals surface area contributed by atoms with E-state index >= 15 is 0 Å². The zero-order valence-electron chi connectivity index (χ0n) is 7.03. The highest BCUT2D eigenvalue weighted by Crippen LogP contribution is 2.37. The Hall–Kier alpha value is -0.680. The van der Waals surface area contributed by atoms with Crippen molar-refractivity contribution >= 4 is 24.5 Å². The molecule has 0 fully saturated rings. The second-order valence-electron chi connectivity index (χ2n) is 2.13. The number of nitrogens with two attached hydrogens (primary N) is 3. The maximum Gasteiger partial charge on any atom is 0.183 e. The standard InChI is InChI=1S/C6H12N3O3P/c7-1-4(10)13(5(11)2-8)6(12)3-9/h1-3,7-9H2. The molecule has 0 rings (SSSR count). The highest BCUT2D eigenvalue weighted by atomic mass is 31.1. The van der Waals surface area contributed by atoms with E-state index in [1.54, 1.807) is 0 Å². The molecular formula is C6H12N3O3P. The first-order valence-electron chi connectivity index (χ1n) is 3.57. The van der Waals surface area contributed by atoms with Crippen molar-refractivity contribution in [2.75, 3.05) is 19.6 Å². The fourth-order valence-electron chi connectivity index (χ4n) is 0.691. The number of hydrogen-bond acceptors (Lipinski definition) is 6. The number of carbonyl (C=O) groups is 3. The molecule has 0 atom stereocenters. The normalized spacial score (nSPS) is 10.2. The van der Waals surface area contributed by atoms with Crippen LogP contribution in [0.3, 0.4) is 0 Å². The molecule has 13 heavy (non-hydrogen) atoms. The van der Waals surface area contributed by atoms with E-state index in [0.717, 1.165) is 0 Å². The predicted octanol–water partition coefficient (Wildman–Crippen LogP) is -2.08. The van der Waals surface area contributed by atoms with Gasteiger partial charge in [0.25, 0.3) is 0 Å². The van der Waals surface area contributed by atoms with Crippen LogP contribution in [0, 0.1) is 0 Å². The Morgan fingerprint density at radius 3 is 1.15 bits per heavy atom. The van der Waals surface area contributed by atoms with E-state index in [2.05, 4.69) is 0 Å². The summed E-state index contributed by atoms with van der Waals surface area (Å²) >= 11 is 0. The molecule has 6 nitrogen and oxygen atoms in total. The summed E-state index contributed by atoms with van der Waals surface area (Å²) in [5.41, 5.74) is 13.4. The van der Waals surface area contributed by atoms with Crippen LogP contribution in [0.4, 0.5) is 0 Å². The highest BCUT2D eigenvalue weighted by Gasteiger charge is 2.30. The molecule has 0 aromatic carbocycles. The van der Waals surface area contributed by atoms with Crippen LogP contribution in [-0.2, 0) is 14.4 Å². The van der Waals surface area contributed by atoms with E-state index in [0.29, 0.717) is 0 Å². The van der Waals surface area contributed by atoms with Gasteiger partial charge in [0.05, 0.1) is 19.6 Å². The molecular weight excluding hydrogens is 193 g/mol. The molecule has 0 aliphatic heterocycles. The minimum Gasteiger partial charge on any atom is -0.324 e. The van der Waals surface area contributed by atoms with Crippen LogP contribution >= 0.6 is 7.92 Å². The Morgan fingerprint density at radius 2 is 1.00 bits per heavy atom. The summed E-state index contributed by atoms with van der Waals surface area (Å²) in [5, 5.41) is 0. The lowest BCUT2D eigenvalue weighted by atomic mass is 10.7. The second kappa shape index (κ2) is 5.88. The van der Waals surface area contributed by atoms with Crippen LogP contribution in [0.15, 0.2) is 0 Å². The smallest absolute Gasteiger partial charge is 0.183 e. The van der Waals surface area contributed by atoms with Crippen molar-refractivity contribution in [2.45, 2.75) is 0 Å². The van der Waals surface area contributed by atoms with Gasteiger partial charge in [0.1, 0.15) is 7.92 Å². The molecule has 0 radical (unpaired) electrons. The van der Waals surface area contributed by atoms with Crippen molar-refractivity contribution in [1.29, 1.82) is 0 Å². The quantitative estimate of drug-likeness (QED) is 0.427. The van der Waals surface area contributed by atoms with E-state index in [1.165, 1.54) is 0 Å². The van der Waals surface area contributed by atoms with Gasteiger partial charge < -0.3 is 17.2 Å². The minimum atomic E-state index is -2.04. The molecule has 7 heteroatoms. The van der Waals surface area contributed by atoms with Crippen LogP contribution in [0.5, 0.6) is 0 Å². The number of rotatable bonds is 6. The average molecular weight is 205 g/mol. The molecule has 0 aliphatic carbocycles. The summed E-state index contributed by atoms with van der Waals surface area (Å²) in [6.45, 7) is -0.991. The fourth-order valence-corrected chi connectivity index (χ4v) is 2.07. The van der Waals surface area contributed by atoms with Crippen LogP contribution in [-0.4, -0.2) is 36.2 Å². The molecule has 0 spiro atoms. The van der Waals surface area contributed by atoms with E-state index < -0.39 is 24.5 Å². The van der Waals surface area contributed by atoms with Gasteiger partial charge in [-0.2, -0.15) is 0 Å². The zero-order chi connectivity index (χ0) is 10.4. The second-order valence-corrected chi connectivity index (χ2v) is 4.30. The summed E-state index contributed by atoms with van der Waals surface area (Å²) in [4.78, 5) is 33.2. The third kappa shape index (κ3) is 3.28. The Balaban J connectivity index is 4.64. The van der Waals surface area contributed by atoms with E-state index in [-0.39, 0.29) is 19.6 Å². The topological polar surface area (TPSA) is 129 Å². The monoisotopic (exact) mass is 205 g/mol. The van der Waals surface area contributed by atoms with Gasteiger partial charge in [-0.25, -0.2) is 0 Å². The van der Waals surface area contributed by atoms with Crippen molar-refractivity contribution < 1.29 is 14.4 Å². The molecule has 0 aromatic rings. The Labute approximate surface area is 76.6 Å². The summed E-state index contributed by atoms with van der Waals surface area (Å²) < 4.78 is 0. The van der Waals surface area contributed by atoms with Crippen molar-refractivity contribution in [1.82, 2.24) is 0 Å². The summed E-state index contributed by atoms with van der Waals surface area (Å²) in [7, 11) is -2.04. The first-order chi connectivity index (χ1) is 6.08. The average Bonchev–Trinajstić information content (AvgIpc) is 2.16. The Bertz CT molecular complexity index is 193. The molecule has 0 unspecified atom stereocenters. The van der Waals surface area contributed by atoms with E-state index in [1.807, 2.05) is 0 Å². The highest BCUT2D eigenvalue weighted by molar-refractivity contribution is 8.01. The molecule has 0 heterocycles. The molecule has 0 bridgehead atoms. The summed E-state index contributed by atoms with van der Waals surface area (Å²) in [5.74, 6) is 0. The van der Waals surface area contributed by atoms with Crippen LogP contribution < -0.4 is 17.2 Å². The van der Waals surface area contributed by atoms with Crippen molar-refractivity contribution in [3.8, 4) is 0 Å². The van der Waals surface area contributed by atoms with Crippen LogP contribution in [0.1, 0.15) is 0 Å². The molecule has 0 aromatic heterocycles. The first-order valence-corrected chi connectivity index (χ1v) is 4.91. The van der Waals surface area contributed by atoms with E-state index in [9.17, 15) is 14.4 Å². The maximum atomic E-state index is 11.1. The SMILES string of the molecule is NCC(=O)P(C(=O)CN)C(=O)CN. The van der Waals surface area contributed by atoms with Crippen LogP contribution in [0.2, 0.25) is 0 Å². The number of carbonyl (C=O) groups excluding carboxylic acids is 3. The van der Waals surface area contributed by atoms with Gasteiger partial charge in [0.2, 0.25) is 0 Å². The van der Waals surface area contributed by atoms with Gasteiger partial charge in [-0.05, 0) is 0 Å². The third-order valence-corrected chi connectivity index (χ3v) is 3.32. The molecule has 0 aliphatic rings. The van der Waals surface area contributed by atoms with Gasteiger partial charge in [-0.3, -0.25) is 14.4 Å². The van der Waals surface area contributed by atoms with Crippen LogP contribution in [0.25, 0.3) is 0 Å². The van der Waals surface area contributed by atoms with E-state index in [4.69, 9.17) is 17.2 Å². The molecule has 6 N–H and O–H groups in total. The van der Waals surface area contributed by atoms with Gasteiger partial charge in [0, 0.05) is 0 Å². The van der Waals surface area contributed by atoms with Crippen molar-refractivity contribution in [3.63, 3.8) is 0 Å². The molecule has 0 saturated carbocycles. The molecule has 74 valence electrons. The zero-order valence-corrected chi connectivity index (χ0v) is 7.92. The minimum absolute atomic E-state index is 0.330. The van der Waals surface area contributed by atoms with Crippen molar-refractivity contribution in [2.24, 2.45) is 17.2 Å². The van der Waals surface area contributed by atoms with Gasteiger partial charge >= 0.3 is 0 Å². The largest absolute Gasteiger partial charge is 0.324 e. The first kappa shape index (κ1) is 12.3. The third-order valence-electron chi connectivity index (χ3n) is 1.27. The summed E-state index contributed by atoms with van der Waals surface area (Å²) in [6, 6.07) is 0. The summed E-state index contributed by atoms with van der Waals surface area (Å²) in [6.07, 6.45) is 0. The Kier molecular flexibility index (Phi) is 5.57.